The van der Waals surface area contributed by atoms with Crippen LogP contribution in [0.5, 0.6) is 0 Å². The molecule has 0 radical (unpaired) electrons. The number of carbonyl (C=O) groups excluding carboxylic acids is 2. The van der Waals surface area contributed by atoms with Crippen LogP contribution in [0, 0.1) is 0 Å². The lowest BCUT2D eigenvalue weighted by molar-refractivity contribution is -0.140. The second-order valence-electron chi connectivity index (χ2n) is 3.81. The summed E-state index contributed by atoms with van der Waals surface area (Å²) in [6.45, 7) is 8.54. The first kappa shape index (κ1) is 18.6. The Kier molecular flexibility index (Phi) is 10.2. The lowest BCUT2D eigenvalue weighted by Gasteiger charge is -2.29. The molecular weight excluding hydrogens is 284 g/mol. The van der Waals surface area contributed by atoms with Gasteiger partial charge in [-0.25, -0.2) is 0 Å². The number of thioether (sulfide) groups is 2. The summed E-state index contributed by atoms with van der Waals surface area (Å²) in [5.74, 6) is 0.252. The molecule has 0 bridgehead atoms. The number of esters is 2. The van der Waals surface area contributed by atoms with Crippen LogP contribution < -0.4 is 0 Å². The Labute approximate surface area is 124 Å². The zero-order valence-electron chi connectivity index (χ0n) is 12.2. The van der Waals surface area contributed by atoms with E-state index in [9.17, 15) is 9.59 Å². The average molecular weight is 308 g/mol. The summed E-state index contributed by atoms with van der Waals surface area (Å²) in [7, 11) is 0. The first-order chi connectivity index (χ1) is 9.03. The largest absolute Gasteiger partial charge is 0.465 e. The van der Waals surface area contributed by atoms with Crippen molar-refractivity contribution in [2.24, 2.45) is 0 Å². The summed E-state index contributed by atoms with van der Waals surface area (Å²) in [6, 6.07) is 0. The Balaban J connectivity index is 4.32. The van der Waals surface area contributed by atoms with E-state index in [1.54, 1.807) is 37.4 Å². The molecule has 0 saturated heterocycles. The first-order valence-corrected chi connectivity index (χ1v) is 8.59. The van der Waals surface area contributed by atoms with E-state index in [1.807, 2.05) is 0 Å². The highest BCUT2D eigenvalue weighted by molar-refractivity contribution is 8.18. The smallest absolute Gasteiger partial charge is 0.315 e. The molecule has 0 rings (SSSR count). The minimum atomic E-state index is -0.199. The molecule has 0 aliphatic rings. The molecule has 0 atom stereocenters. The van der Waals surface area contributed by atoms with Crippen molar-refractivity contribution >= 4 is 35.5 Å². The summed E-state index contributed by atoms with van der Waals surface area (Å²) < 4.78 is 9.73. The number of carbonyl (C=O) groups is 2. The van der Waals surface area contributed by atoms with Crippen LogP contribution in [0.15, 0.2) is 0 Å². The fourth-order valence-electron chi connectivity index (χ4n) is 1.49. The number of hydrogen-bond acceptors (Lipinski definition) is 6. The van der Waals surface area contributed by atoms with Gasteiger partial charge in [-0.05, 0) is 26.7 Å². The minimum absolute atomic E-state index is 0.125. The first-order valence-electron chi connectivity index (χ1n) is 6.62. The maximum Gasteiger partial charge on any atom is 0.315 e. The highest BCUT2D eigenvalue weighted by Gasteiger charge is 2.29. The van der Waals surface area contributed by atoms with Crippen LogP contribution in [0.2, 0.25) is 0 Å². The zero-order chi connectivity index (χ0) is 14.7. The molecule has 0 fully saturated rings. The molecule has 4 nitrogen and oxygen atoms in total. The van der Waals surface area contributed by atoms with Crippen LogP contribution >= 0.6 is 23.5 Å². The molecule has 0 aliphatic heterocycles. The molecule has 0 saturated carbocycles. The molecule has 0 N–H and O–H groups in total. The summed E-state index contributed by atoms with van der Waals surface area (Å²) >= 11 is 3.12. The third-order valence-electron chi connectivity index (χ3n) is 2.59. The average Bonchev–Trinajstić information content (AvgIpc) is 2.40. The van der Waals surface area contributed by atoms with Crippen molar-refractivity contribution in [3.05, 3.63) is 0 Å². The Morgan fingerprint density at radius 2 is 1.21 bits per heavy atom. The predicted molar refractivity (Wildman–Crippen MR) is 81.5 cm³/mol. The molecular formula is C13H24O4S2. The van der Waals surface area contributed by atoms with E-state index in [1.165, 1.54) is 0 Å². The minimum Gasteiger partial charge on any atom is -0.465 e. The van der Waals surface area contributed by atoms with Gasteiger partial charge in [-0.15, -0.1) is 23.5 Å². The van der Waals surface area contributed by atoms with Crippen LogP contribution in [-0.4, -0.2) is 40.7 Å². The summed E-state index contributed by atoms with van der Waals surface area (Å²) in [6.07, 6.45) is 1.77. The van der Waals surface area contributed by atoms with Gasteiger partial charge in [0.05, 0.1) is 28.8 Å². The lowest BCUT2D eigenvalue weighted by atomic mass is 10.2. The summed E-state index contributed by atoms with van der Waals surface area (Å²) in [5, 5.41) is 0. The van der Waals surface area contributed by atoms with Gasteiger partial charge >= 0.3 is 11.9 Å². The standard InChI is InChI=1S/C13H24O4S2/c1-5-13(6-2,18-9-11(14)16-7-3)19-10-12(15)17-8-4/h5-10H2,1-4H3. The Hall–Kier alpha value is -0.360. The van der Waals surface area contributed by atoms with Gasteiger partial charge in [0.1, 0.15) is 0 Å². The fourth-order valence-corrected chi connectivity index (χ4v) is 3.92. The van der Waals surface area contributed by atoms with E-state index in [-0.39, 0.29) is 16.0 Å². The Bertz CT molecular complexity index is 254. The van der Waals surface area contributed by atoms with Gasteiger partial charge in [0.15, 0.2) is 0 Å². The normalized spacial score (nSPS) is 11.2. The van der Waals surface area contributed by atoms with E-state index >= 15 is 0 Å². The van der Waals surface area contributed by atoms with E-state index in [4.69, 9.17) is 9.47 Å². The van der Waals surface area contributed by atoms with Crippen LogP contribution in [0.1, 0.15) is 40.5 Å². The monoisotopic (exact) mass is 308 g/mol. The van der Waals surface area contributed by atoms with Crippen molar-refractivity contribution in [1.29, 1.82) is 0 Å². The molecule has 112 valence electrons. The van der Waals surface area contributed by atoms with E-state index in [0.717, 1.165) is 12.8 Å². The second kappa shape index (κ2) is 10.4. The van der Waals surface area contributed by atoms with Crippen molar-refractivity contribution in [3.8, 4) is 0 Å². The topological polar surface area (TPSA) is 52.6 Å². The van der Waals surface area contributed by atoms with Gasteiger partial charge in [0, 0.05) is 0 Å². The third kappa shape index (κ3) is 7.72. The van der Waals surface area contributed by atoms with Crippen molar-refractivity contribution in [2.75, 3.05) is 24.7 Å². The molecule has 6 heteroatoms. The quantitative estimate of drug-likeness (QED) is 0.456. The summed E-state index contributed by atoms with van der Waals surface area (Å²) in [5.41, 5.74) is 0. The molecule has 0 spiro atoms. The van der Waals surface area contributed by atoms with Gasteiger partial charge in [-0.3, -0.25) is 9.59 Å². The number of hydrogen-bond donors (Lipinski definition) is 0. The van der Waals surface area contributed by atoms with Crippen molar-refractivity contribution in [2.45, 2.75) is 44.6 Å². The predicted octanol–water partition coefficient (Wildman–Crippen LogP) is 3.10. The van der Waals surface area contributed by atoms with Gasteiger partial charge in [0.2, 0.25) is 0 Å². The van der Waals surface area contributed by atoms with Crippen molar-refractivity contribution in [1.82, 2.24) is 0 Å². The molecule has 0 aromatic rings. The second-order valence-corrected chi connectivity index (χ2v) is 6.78. The highest BCUT2D eigenvalue weighted by atomic mass is 32.2. The number of ether oxygens (including phenoxy) is 2. The van der Waals surface area contributed by atoms with Crippen LogP contribution in [0.25, 0.3) is 0 Å². The maximum atomic E-state index is 11.4. The molecule has 0 unspecified atom stereocenters. The summed E-state index contributed by atoms with van der Waals surface area (Å²) in [4.78, 5) is 22.8. The van der Waals surface area contributed by atoms with E-state index in [0.29, 0.717) is 24.7 Å². The third-order valence-corrected chi connectivity index (χ3v) is 6.27. The van der Waals surface area contributed by atoms with Gasteiger partial charge in [-0.2, -0.15) is 0 Å². The van der Waals surface area contributed by atoms with Gasteiger partial charge in [0.25, 0.3) is 0 Å². The van der Waals surface area contributed by atoms with E-state index in [2.05, 4.69) is 13.8 Å². The Morgan fingerprint density at radius 3 is 1.47 bits per heavy atom. The molecule has 0 aromatic heterocycles. The van der Waals surface area contributed by atoms with Crippen LogP contribution in [-0.2, 0) is 19.1 Å². The molecule has 19 heavy (non-hydrogen) atoms. The van der Waals surface area contributed by atoms with Crippen molar-refractivity contribution in [3.63, 3.8) is 0 Å². The van der Waals surface area contributed by atoms with Gasteiger partial charge < -0.3 is 9.47 Å². The van der Waals surface area contributed by atoms with Crippen LogP contribution in [0.4, 0.5) is 0 Å². The maximum absolute atomic E-state index is 11.4. The lowest BCUT2D eigenvalue weighted by Crippen LogP contribution is -2.24. The Morgan fingerprint density at radius 1 is 0.842 bits per heavy atom. The zero-order valence-corrected chi connectivity index (χ0v) is 13.8. The number of rotatable bonds is 10. The molecule has 0 amide bonds. The fraction of sp³-hybridized carbons (Fsp3) is 0.846. The molecule has 0 heterocycles. The van der Waals surface area contributed by atoms with E-state index < -0.39 is 0 Å². The SMILES string of the molecule is CCOC(=O)CSC(CC)(CC)SCC(=O)OCC. The molecule has 0 aliphatic carbocycles. The highest BCUT2D eigenvalue weighted by Crippen LogP contribution is 2.43. The van der Waals surface area contributed by atoms with Crippen LogP contribution in [0.3, 0.4) is 0 Å². The van der Waals surface area contributed by atoms with Crippen molar-refractivity contribution < 1.29 is 19.1 Å². The van der Waals surface area contributed by atoms with Gasteiger partial charge in [-0.1, -0.05) is 13.8 Å². The molecule has 0 aromatic carbocycles.